The first kappa shape index (κ1) is 16.7. The van der Waals surface area contributed by atoms with Crippen molar-refractivity contribution in [1.29, 1.82) is 0 Å². The SMILES string of the molecule is CCOC(=O)c1c([C]2[CH][CH][CH][CH]2)nn(CCO)c1-c1ccccc1. The number of nitrogens with zero attached hydrogens (tertiary/aromatic N) is 2. The van der Waals surface area contributed by atoms with Gasteiger partial charge in [-0.05, 0) is 32.6 Å². The van der Waals surface area contributed by atoms with Gasteiger partial charge in [-0.2, -0.15) is 5.10 Å². The number of carbonyl (C=O) groups excluding carboxylic acids is 1. The summed E-state index contributed by atoms with van der Waals surface area (Å²) in [7, 11) is 0. The lowest BCUT2D eigenvalue weighted by Crippen LogP contribution is -2.11. The summed E-state index contributed by atoms with van der Waals surface area (Å²) in [6, 6.07) is 9.56. The molecule has 0 aliphatic heterocycles. The second kappa shape index (κ2) is 7.62. The third kappa shape index (κ3) is 3.22. The standard InChI is InChI=1S/C19H19N2O3/c1-2-24-19(23)16-17(14-8-6-7-9-14)20-21(12-13-22)18(16)15-10-4-3-5-11-15/h3-11,22H,2,12-13H2,1H3. The van der Waals surface area contributed by atoms with Crippen LogP contribution in [0.3, 0.4) is 0 Å². The van der Waals surface area contributed by atoms with Gasteiger partial charge in [-0.3, -0.25) is 4.68 Å². The van der Waals surface area contributed by atoms with E-state index in [0.29, 0.717) is 30.1 Å². The van der Waals surface area contributed by atoms with E-state index in [-0.39, 0.29) is 6.61 Å². The number of aromatic nitrogens is 2. The summed E-state index contributed by atoms with van der Waals surface area (Å²) in [4.78, 5) is 12.6. The van der Waals surface area contributed by atoms with Gasteiger partial charge in [0, 0.05) is 11.5 Å². The first-order chi connectivity index (χ1) is 11.8. The van der Waals surface area contributed by atoms with Crippen molar-refractivity contribution >= 4 is 5.97 Å². The Bertz CT molecular complexity index is 688. The second-order valence-electron chi connectivity index (χ2n) is 5.28. The largest absolute Gasteiger partial charge is 0.462 e. The molecule has 1 aromatic carbocycles. The van der Waals surface area contributed by atoms with Crippen LogP contribution in [0.2, 0.25) is 0 Å². The van der Waals surface area contributed by atoms with Crippen molar-refractivity contribution in [3.05, 3.63) is 73.2 Å². The maximum Gasteiger partial charge on any atom is 0.342 e. The van der Waals surface area contributed by atoms with Crippen LogP contribution in [0.15, 0.2) is 30.3 Å². The molecular weight excluding hydrogens is 304 g/mol. The molecule has 0 saturated heterocycles. The topological polar surface area (TPSA) is 64.3 Å². The highest BCUT2D eigenvalue weighted by atomic mass is 16.5. The average Bonchev–Trinajstić information content (AvgIpc) is 3.23. The maximum atomic E-state index is 12.6. The van der Waals surface area contributed by atoms with Gasteiger partial charge in [0.1, 0.15) is 5.56 Å². The summed E-state index contributed by atoms with van der Waals surface area (Å²) < 4.78 is 6.94. The van der Waals surface area contributed by atoms with Crippen LogP contribution in [0.5, 0.6) is 0 Å². The zero-order valence-corrected chi connectivity index (χ0v) is 13.5. The molecule has 0 unspecified atom stereocenters. The van der Waals surface area contributed by atoms with Crippen molar-refractivity contribution in [3.8, 4) is 11.3 Å². The minimum atomic E-state index is -0.406. The van der Waals surface area contributed by atoms with Gasteiger partial charge in [0.05, 0.1) is 31.1 Å². The lowest BCUT2D eigenvalue weighted by molar-refractivity contribution is 0.0526. The Morgan fingerprint density at radius 1 is 1.21 bits per heavy atom. The quantitative estimate of drug-likeness (QED) is 0.830. The van der Waals surface area contributed by atoms with E-state index in [1.165, 1.54) is 0 Å². The monoisotopic (exact) mass is 323 g/mol. The Morgan fingerprint density at radius 2 is 1.92 bits per heavy atom. The Labute approximate surface area is 142 Å². The lowest BCUT2D eigenvalue weighted by atomic mass is 9.96. The van der Waals surface area contributed by atoms with Crippen molar-refractivity contribution in [2.75, 3.05) is 13.2 Å². The van der Waals surface area contributed by atoms with Crippen LogP contribution >= 0.6 is 0 Å². The third-order valence-electron chi connectivity index (χ3n) is 3.73. The van der Waals surface area contributed by atoms with Crippen LogP contribution in [0, 0.1) is 31.6 Å². The number of rotatable bonds is 6. The molecule has 2 aromatic rings. The van der Waals surface area contributed by atoms with Crippen molar-refractivity contribution < 1.29 is 14.6 Å². The van der Waals surface area contributed by atoms with E-state index in [1.54, 1.807) is 11.6 Å². The molecule has 1 heterocycles. The van der Waals surface area contributed by atoms with E-state index in [0.717, 1.165) is 11.5 Å². The number of aliphatic hydroxyl groups excluding tert-OH is 1. The van der Waals surface area contributed by atoms with E-state index >= 15 is 0 Å². The summed E-state index contributed by atoms with van der Waals surface area (Å²) in [5, 5.41) is 14.0. The average molecular weight is 323 g/mol. The number of aliphatic hydroxyl groups is 1. The van der Waals surface area contributed by atoms with Gasteiger partial charge in [-0.1, -0.05) is 30.3 Å². The third-order valence-corrected chi connectivity index (χ3v) is 3.73. The molecule has 5 heteroatoms. The van der Waals surface area contributed by atoms with Crippen molar-refractivity contribution in [2.24, 2.45) is 0 Å². The minimum Gasteiger partial charge on any atom is -0.462 e. The molecule has 123 valence electrons. The summed E-state index contributed by atoms with van der Waals surface area (Å²) in [5.74, 6) is 0.448. The molecule has 0 atom stereocenters. The molecule has 0 amide bonds. The second-order valence-corrected chi connectivity index (χ2v) is 5.28. The number of esters is 1. The molecule has 1 saturated carbocycles. The van der Waals surface area contributed by atoms with Crippen LogP contribution in [0.4, 0.5) is 0 Å². The molecule has 3 rings (SSSR count). The molecule has 5 nitrogen and oxygen atoms in total. The predicted molar refractivity (Wildman–Crippen MR) is 90.3 cm³/mol. The summed E-state index contributed by atoms with van der Waals surface area (Å²) in [5.41, 5.74) is 2.53. The van der Waals surface area contributed by atoms with Gasteiger partial charge in [0.15, 0.2) is 0 Å². The molecule has 1 aliphatic carbocycles. The predicted octanol–water partition coefficient (Wildman–Crippen LogP) is 2.47. The highest BCUT2D eigenvalue weighted by Gasteiger charge is 2.32. The molecule has 1 aliphatic rings. The van der Waals surface area contributed by atoms with Crippen molar-refractivity contribution in [1.82, 2.24) is 9.78 Å². The molecule has 0 bridgehead atoms. The van der Waals surface area contributed by atoms with Crippen LogP contribution in [-0.4, -0.2) is 34.1 Å². The zero-order chi connectivity index (χ0) is 16.9. The van der Waals surface area contributed by atoms with Gasteiger partial charge < -0.3 is 9.84 Å². The Morgan fingerprint density at radius 3 is 2.54 bits per heavy atom. The van der Waals surface area contributed by atoms with Crippen LogP contribution in [0.25, 0.3) is 11.3 Å². The zero-order valence-electron chi connectivity index (χ0n) is 13.5. The van der Waals surface area contributed by atoms with Gasteiger partial charge in [-0.15, -0.1) is 0 Å². The maximum absolute atomic E-state index is 12.6. The molecule has 24 heavy (non-hydrogen) atoms. The molecule has 1 fully saturated rings. The number of carbonyl (C=O) groups is 1. The number of hydrogen-bond acceptors (Lipinski definition) is 4. The van der Waals surface area contributed by atoms with Gasteiger partial charge in [0.2, 0.25) is 0 Å². The van der Waals surface area contributed by atoms with Crippen LogP contribution in [0.1, 0.15) is 23.0 Å². The van der Waals surface area contributed by atoms with Crippen molar-refractivity contribution in [2.45, 2.75) is 13.5 Å². The molecule has 1 aromatic heterocycles. The lowest BCUT2D eigenvalue weighted by Gasteiger charge is -2.10. The van der Waals surface area contributed by atoms with Gasteiger partial charge in [0.25, 0.3) is 0 Å². The summed E-state index contributed by atoms with van der Waals surface area (Å²) in [6.07, 6.45) is 7.61. The first-order valence-electron chi connectivity index (χ1n) is 7.92. The fraction of sp³-hybridized carbons (Fsp3) is 0.211. The highest BCUT2D eigenvalue weighted by molar-refractivity contribution is 5.99. The highest BCUT2D eigenvalue weighted by Crippen LogP contribution is 2.36. The Balaban J connectivity index is 2.17. The number of benzene rings is 1. The summed E-state index contributed by atoms with van der Waals surface area (Å²) in [6.45, 7) is 2.31. The molecule has 1 N–H and O–H groups in total. The molecule has 0 spiro atoms. The smallest absolute Gasteiger partial charge is 0.342 e. The fourth-order valence-corrected chi connectivity index (χ4v) is 2.74. The van der Waals surface area contributed by atoms with Gasteiger partial charge >= 0.3 is 5.97 Å². The fourth-order valence-electron chi connectivity index (χ4n) is 2.74. The van der Waals surface area contributed by atoms with E-state index in [1.807, 2.05) is 56.0 Å². The molecule has 5 radical (unpaired) electrons. The van der Waals surface area contributed by atoms with Crippen molar-refractivity contribution in [3.63, 3.8) is 0 Å². The Kier molecular flexibility index (Phi) is 5.30. The molecular formula is C19H19N2O3. The Hall–Kier alpha value is -2.14. The normalized spacial score (nSPS) is 14.9. The van der Waals surface area contributed by atoms with E-state index < -0.39 is 5.97 Å². The van der Waals surface area contributed by atoms with E-state index in [2.05, 4.69) is 5.10 Å². The number of ether oxygens (including phenoxy) is 1. The van der Waals surface area contributed by atoms with Crippen LogP contribution < -0.4 is 0 Å². The van der Waals surface area contributed by atoms with E-state index in [4.69, 9.17) is 4.74 Å². The van der Waals surface area contributed by atoms with E-state index in [9.17, 15) is 9.90 Å². The first-order valence-corrected chi connectivity index (χ1v) is 7.92. The number of hydrogen-bond donors (Lipinski definition) is 1. The summed E-state index contributed by atoms with van der Waals surface area (Å²) >= 11 is 0. The van der Waals surface area contributed by atoms with Crippen LogP contribution in [-0.2, 0) is 11.3 Å². The van der Waals surface area contributed by atoms with Gasteiger partial charge in [-0.25, -0.2) is 4.79 Å². The minimum absolute atomic E-state index is 0.0652.